The lowest BCUT2D eigenvalue weighted by Crippen LogP contribution is -2.31. The van der Waals surface area contributed by atoms with E-state index >= 15 is 0 Å². The maximum atomic E-state index is 12.8. The maximum absolute atomic E-state index is 12.8. The van der Waals surface area contributed by atoms with Crippen LogP contribution >= 0.6 is 0 Å². The molecule has 1 amide bonds. The second-order valence-electron chi connectivity index (χ2n) is 5.15. The van der Waals surface area contributed by atoms with Crippen LogP contribution in [0.15, 0.2) is 48.5 Å². The van der Waals surface area contributed by atoms with Gasteiger partial charge in [0.1, 0.15) is 11.6 Å². The SMILES string of the molecule is COc1cccc(C(C)NC(=O)COC(=O)c2ccc(F)cc2)c1. The van der Waals surface area contributed by atoms with Crippen LogP contribution in [0.25, 0.3) is 0 Å². The van der Waals surface area contributed by atoms with Crippen molar-refractivity contribution in [1.29, 1.82) is 0 Å². The molecule has 0 aliphatic heterocycles. The van der Waals surface area contributed by atoms with Gasteiger partial charge in [-0.3, -0.25) is 4.79 Å². The molecule has 2 aromatic rings. The topological polar surface area (TPSA) is 64.6 Å². The van der Waals surface area contributed by atoms with Gasteiger partial charge in [-0.25, -0.2) is 9.18 Å². The van der Waals surface area contributed by atoms with Crippen molar-refractivity contribution in [3.63, 3.8) is 0 Å². The summed E-state index contributed by atoms with van der Waals surface area (Å²) in [5, 5.41) is 2.73. The summed E-state index contributed by atoms with van der Waals surface area (Å²) in [5.41, 5.74) is 1.05. The first-order valence-electron chi connectivity index (χ1n) is 7.35. The molecule has 0 bridgehead atoms. The van der Waals surface area contributed by atoms with Crippen molar-refractivity contribution < 1.29 is 23.5 Å². The highest BCUT2D eigenvalue weighted by Crippen LogP contribution is 2.18. The monoisotopic (exact) mass is 331 g/mol. The smallest absolute Gasteiger partial charge is 0.338 e. The van der Waals surface area contributed by atoms with E-state index in [1.165, 1.54) is 12.1 Å². The van der Waals surface area contributed by atoms with E-state index in [1.54, 1.807) is 7.11 Å². The number of methoxy groups -OCH3 is 1. The van der Waals surface area contributed by atoms with E-state index in [0.717, 1.165) is 17.7 Å². The average molecular weight is 331 g/mol. The molecule has 2 aromatic carbocycles. The largest absolute Gasteiger partial charge is 0.497 e. The number of hydrogen-bond acceptors (Lipinski definition) is 4. The van der Waals surface area contributed by atoms with Crippen molar-refractivity contribution in [3.05, 3.63) is 65.5 Å². The lowest BCUT2D eigenvalue weighted by Gasteiger charge is -2.15. The fourth-order valence-corrected chi connectivity index (χ4v) is 2.08. The average Bonchev–Trinajstić information content (AvgIpc) is 2.60. The van der Waals surface area contributed by atoms with Crippen LogP contribution in [-0.4, -0.2) is 25.6 Å². The predicted molar refractivity (Wildman–Crippen MR) is 86.2 cm³/mol. The van der Waals surface area contributed by atoms with Crippen LogP contribution in [0, 0.1) is 5.82 Å². The third kappa shape index (κ3) is 4.81. The van der Waals surface area contributed by atoms with E-state index in [1.807, 2.05) is 31.2 Å². The van der Waals surface area contributed by atoms with Gasteiger partial charge in [-0.05, 0) is 48.9 Å². The minimum atomic E-state index is -0.681. The lowest BCUT2D eigenvalue weighted by atomic mass is 10.1. The van der Waals surface area contributed by atoms with Gasteiger partial charge in [-0.15, -0.1) is 0 Å². The molecule has 0 saturated carbocycles. The third-order valence-corrected chi connectivity index (χ3v) is 3.39. The minimum Gasteiger partial charge on any atom is -0.497 e. The molecule has 0 fully saturated rings. The number of benzene rings is 2. The van der Waals surface area contributed by atoms with Crippen molar-refractivity contribution >= 4 is 11.9 Å². The zero-order valence-corrected chi connectivity index (χ0v) is 13.4. The second-order valence-corrected chi connectivity index (χ2v) is 5.15. The van der Waals surface area contributed by atoms with Gasteiger partial charge in [0.15, 0.2) is 6.61 Å². The van der Waals surface area contributed by atoms with Crippen LogP contribution in [0.1, 0.15) is 28.9 Å². The second kappa shape index (κ2) is 8.10. The highest BCUT2D eigenvalue weighted by molar-refractivity contribution is 5.91. The molecule has 0 aliphatic rings. The summed E-state index contributed by atoms with van der Waals surface area (Å²) >= 11 is 0. The van der Waals surface area contributed by atoms with Crippen molar-refractivity contribution in [3.8, 4) is 5.75 Å². The highest BCUT2D eigenvalue weighted by atomic mass is 19.1. The number of carbonyl (C=O) groups is 2. The van der Waals surface area contributed by atoms with E-state index in [9.17, 15) is 14.0 Å². The molecule has 1 unspecified atom stereocenters. The number of amides is 1. The van der Waals surface area contributed by atoms with E-state index in [0.29, 0.717) is 5.75 Å². The number of nitrogens with one attached hydrogen (secondary N) is 1. The fourth-order valence-electron chi connectivity index (χ4n) is 2.08. The highest BCUT2D eigenvalue weighted by Gasteiger charge is 2.13. The van der Waals surface area contributed by atoms with E-state index in [2.05, 4.69) is 5.32 Å². The van der Waals surface area contributed by atoms with Crippen LogP contribution in [0.5, 0.6) is 5.75 Å². The van der Waals surface area contributed by atoms with Crippen LogP contribution < -0.4 is 10.1 Å². The summed E-state index contributed by atoms with van der Waals surface area (Å²) in [6.45, 7) is 1.40. The van der Waals surface area contributed by atoms with Crippen molar-refractivity contribution in [2.24, 2.45) is 0 Å². The minimum absolute atomic E-state index is 0.185. The summed E-state index contributed by atoms with van der Waals surface area (Å²) in [4.78, 5) is 23.7. The van der Waals surface area contributed by atoms with Crippen molar-refractivity contribution in [1.82, 2.24) is 5.32 Å². The normalized spacial score (nSPS) is 11.5. The van der Waals surface area contributed by atoms with E-state index in [-0.39, 0.29) is 11.6 Å². The number of rotatable bonds is 6. The van der Waals surface area contributed by atoms with E-state index < -0.39 is 24.3 Å². The number of hydrogen-bond donors (Lipinski definition) is 1. The molecule has 0 radical (unpaired) electrons. The molecular weight excluding hydrogens is 313 g/mol. The Bertz CT molecular complexity index is 715. The number of esters is 1. The van der Waals surface area contributed by atoms with Gasteiger partial charge in [0, 0.05) is 0 Å². The quantitative estimate of drug-likeness (QED) is 0.827. The first-order valence-corrected chi connectivity index (χ1v) is 7.35. The Morgan fingerprint density at radius 1 is 1.17 bits per heavy atom. The van der Waals surface area contributed by atoms with Crippen LogP contribution in [0.4, 0.5) is 4.39 Å². The number of ether oxygens (including phenoxy) is 2. The molecule has 126 valence electrons. The van der Waals surface area contributed by atoms with Gasteiger partial charge < -0.3 is 14.8 Å². The lowest BCUT2D eigenvalue weighted by molar-refractivity contribution is -0.124. The summed E-state index contributed by atoms with van der Waals surface area (Å²) in [6.07, 6.45) is 0. The summed E-state index contributed by atoms with van der Waals surface area (Å²) in [5.74, 6) is -0.868. The Morgan fingerprint density at radius 2 is 1.88 bits per heavy atom. The Hall–Kier alpha value is -2.89. The molecule has 1 atom stereocenters. The molecule has 6 heteroatoms. The van der Waals surface area contributed by atoms with Crippen molar-refractivity contribution in [2.45, 2.75) is 13.0 Å². The molecule has 0 aliphatic carbocycles. The zero-order valence-electron chi connectivity index (χ0n) is 13.4. The van der Waals surface area contributed by atoms with Crippen molar-refractivity contribution in [2.75, 3.05) is 13.7 Å². The molecule has 0 spiro atoms. The fraction of sp³-hybridized carbons (Fsp3) is 0.222. The first-order chi connectivity index (χ1) is 11.5. The van der Waals surface area contributed by atoms with Crippen LogP contribution in [0.2, 0.25) is 0 Å². The Balaban J connectivity index is 1.86. The Morgan fingerprint density at radius 3 is 2.54 bits per heavy atom. The maximum Gasteiger partial charge on any atom is 0.338 e. The molecule has 24 heavy (non-hydrogen) atoms. The predicted octanol–water partition coefficient (Wildman–Crippen LogP) is 2.87. The number of carbonyl (C=O) groups excluding carboxylic acids is 2. The van der Waals surface area contributed by atoms with Gasteiger partial charge in [0.25, 0.3) is 5.91 Å². The van der Waals surface area contributed by atoms with Gasteiger partial charge >= 0.3 is 5.97 Å². The molecule has 0 aromatic heterocycles. The Labute approximate surface area is 139 Å². The third-order valence-electron chi connectivity index (χ3n) is 3.39. The zero-order chi connectivity index (χ0) is 17.5. The molecule has 1 N–H and O–H groups in total. The standard InChI is InChI=1S/C18H18FNO4/c1-12(14-4-3-5-16(10-14)23-2)20-17(21)11-24-18(22)13-6-8-15(19)9-7-13/h3-10,12H,11H2,1-2H3,(H,20,21). The van der Waals surface area contributed by atoms with Gasteiger partial charge in [0.2, 0.25) is 0 Å². The first kappa shape index (κ1) is 17.5. The Kier molecular flexibility index (Phi) is 5.89. The van der Waals surface area contributed by atoms with Gasteiger partial charge in [-0.1, -0.05) is 12.1 Å². The molecule has 5 nitrogen and oxygen atoms in total. The van der Waals surface area contributed by atoms with Gasteiger partial charge in [-0.2, -0.15) is 0 Å². The van der Waals surface area contributed by atoms with Crippen LogP contribution in [0.3, 0.4) is 0 Å². The molecule has 2 rings (SSSR count). The van der Waals surface area contributed by atoms with E-state index in [4.69, 9.17) is 9.47 Å². The summed E-state index contributed by atoms with van der Waals surface area (Å²) in [7, 11) is 1.57. The summed E-state index contributed by atoms with van der Waals surface area (Å²) in [6, 6.07) is 11.9. The number of halogens is 1. The van der Waals surface area contributed by atoms with Crippen LogP contribution in [-0.2, 0) is 9.53 Å². The molecule has 0 saturated heterocycles. The summed E-state index contributed by atoms with van der Waals surface area (Å²) < 4.78 is 22.8. The molecular formula is C18H18FNO4. The van der Waals surface area contributed by atoms with Gasteiger partial charge in [0.05, 0.1) is 18.7 Å². The molecule has 0 heterocycles.